The van der Waals surface area contributed by atoms with E-state index in [-0.39, 0.29) is 0 Å². The number of anilines is 1. The second kappa shape index (κ2) is 10.4. The van der Waals surface area contributed by atoms with Gasteiger partial charge in [-0.2, -0.15) is 0 Å². The van der Waals surface area contributed by atoms with Gasteiger partial charge in [0, 0.05) is 62.1 Å². The standard InChI is InChI=1S/C24H31N5O3/c25-8-7-19-17-26-23-6-5-21(15-22(19)23)32-14-13-28-9-11-29(12-10-28)20-3-1-18(2-4-20)16-27-24(30)31/h1-6,15,17,26-27H,7-14,16,25H2,(H,30,31). The Morgan fingerprint density at radius 1 is 1.12 bits per heavy atom. The van der Waals surface area contributed by atoms with E-state index in [0.717, 1.165) is 56.0 Å². The van der Waals surface area contributed by atoms with Gasteiger partial charge in [-0.25, -0.2) is 4.79 Å². The molecule has 1 amide bonds. The molecule has 0 spiro atoms. The van der Waals surface area contributed by atoms with Crippen molar-refractivity contribution in [1.82, 2.24) is 15.2 Å². The summed E-state index contributed by atoms with van der Waals surface area (Å²) in [5, 5.41) is 12.3. The maximum absolute atomic E-state index is 10.6. The highest BCUT2D eigenvalue weighted by Crippen LogP contribution is 2.24. The van der Waals surface area contributed by atoms with Crippen LogP contribution in [0.4, 0.5) is 10.5 Å². The maximum Gasteiger partial charge on any atom is 0.404 e. The fourth-order valence-corrected chi connectivity index (χ4v) is 4.13. The second-order valence-corrected chi connectivity index (χ2v) is 8.06. The van der Waals surface area contributed by atoms with Crippen LogP contribution in [0.5, 0.6) is 5.75 Å². The van der Waals surface area contributed by atoms with E-state index in [1.54, 1.807) is 0 Å². The number of nitrogens with zero attached hydrogens (tertiary/aromatic N) is 2. The first-order valence-corrected chi connectivity index (χ1v) is 11.1. The number of nitrogens with one attached hydrogen (secondary N) is 2. The first-order valence-electron chi connectivity index (χ1n) is 11.1. The van der Waals surface area contributed by atoms with Crippen LogP contribution in [-0.2, 0) is 13.0 Å². The number of hydrogen-bond donors (Lipinski definition) is 4. The molecule has 1 saturated heterocycles. The van der Waals surface area contributed by atoms with Gasteiger partial charge >= 0.3 is 6.09 Å². The summed E-state index contributed by atoms with van der Waals surface area (Å²) >= 11 is 0. The lowest BCUT2D eigenvalue weighted by Crippen LogP contribution is -2.47. The summed E-state index contributed by atoms with van der Waals surface area (Å²) in [6.45, 7) is 6.42. The number of ether oxygens (including phenoxy) is 1. The van der Waals surface area contributed by atoms with E-state index in [0.29, 0.717) is 19.7 Å². The number of H-pyrrole nitrogens is 1. The SMILES string of the molecule is NCCc1c[nH]c2ccc(OCCN3CCN(c4ccc(CNC(=O)O)cc4)CC3)cc12. The number of piperazine rings is 1. The summed E-state index contributed by atoms with van der Waals surface area (Å²) in [7, 11) is 0. The first-order chi connectivity index (χ1) is 15.6. The molecule has 8 heteroatoms. The Bertz CT molecular complexity index is 1030. The van der Waals surface area contributed by atoms with Gasteiger partial charge in [-0.15, -0.1) is 0 Å². The average Bonchev–Trinajstić information content (AvgIpc) is 3.21. The molecular formula is C24H31N5O3. The zero-order valence-corrected chi connectivity index (χ0v) is 18.2. The van der Waals surface area contributed by atoms with Gasteiger partial charge in [0.15, 0.2) is 0 Å². The van der Waals surface area contributed by atoms with E-state index in [1.165, 1.54) is 16.6 Å². The topological polar surface area (TPSA) is 107 Å². The summed E-state index contributed by atoms with van der Waals surface area (Å²) in [4.78, 5) is 18.7. The third kappa shape index (κ3) is 5.52. The molecule has 2 aromatic carbocycles. The Morgan fingerprint density at radius 2 is 1.91 bits per heavy atom. The molecule has 8 nitrogen and oxygen atoms in total. The Kier molecular flexibility index (Phi) is 7.14. The number of nitrogens with two attached hydrogens (primary N) is 1. The summed E-state index contributed by atoms with van der Waals surface area (Å²) in [5.41, 5.74) is 10.2. The summed E-state index contributed by atoms with van der Waals surface area (Å²) in [6, 6.07) is 14.3. The van der Waals surface area contributed by atoms with Crippen molar-refractivity contribution in [2.75, 3.05) is 50.8 Å². The molecule has 0 aliphatic carbocycles. The Balaban J connectivity index is 1.22. The molecule has 1 aromatic heterocycles. The predicted octanol–water partition coefficient (Wildman–Crippen LogP) is 2.64. The van der Waals surface area contributed by atoms with Crippen LogP contribution in [0.15, 0.2) is 48.7 Å². The summed E-state index contributed by atoms with van der Waals surface area (Å²) < 4.78 is 6.04. The normalized spacial score (nSPS) is 14.6. The molecule has 170 valence electrons. The van der Waals surface area contributed by atoms with Crippen molar-refractivity contribution in [3.05, 3.63) is 59.8 Å². The molecular weight excluding hydrogens is 406 g/mol. The fourth-order valence-electron chi connectivity index (χ4n) is 4.13. The van der Waals surface area contributed by atoms with Crippen molar-refractivity contribution in [3.8, 4) is 5.75 Å². The van der Waals surface area contributed by atoms with Crippen molar-refractivity contribution in [1.29, 1.82) is 0 Å². The molecule has 5 N–H and O–H groups in total. The molecule has 1 aliphatic rings. The maximum atomic E-state index is 10.6. The molecule has 32 heavy (non-hydrogen) atoms. The van der Waals surface area contributed by atoms with Gasteiger partial charge in [-0.3, -0.25) is 4.90 Å². The lowest BCUT2D eigenvalue weighted by molar-refractivity contribution is 0.194. The quantitative estimate of drug-likeness (QED) is 0.410. The minimum atomic E-state index is -1.00. The number of aromatic nitrogens is 1. The highest BCUT2D eigenvalue weighted by molar-refractivity contribution is 5.84. The van der Waals surface area contributed by atoms with Gasteiger partial charge in [0.2, 0.25) is 0 Å². The Labute approximate surface area is 188 Å². The van der Waals surface area contributed by atoms with Crippen molar-refractivity contribution >= 4 is 22.7 Å². The number of benzene rings is 2. The van der Waals surface area contributed by atoms with Crippen LogP contribution in [-0.4, -0.2) is 67.0 Å². The van der Waals surface area contributed by atoms with E-state index in [2.05, 4.69) is 44.4 Å². The largest absolute Gasteiger partial charge is 0.492 e. The van der Waals surface area contributed by atoms with Gasteiger partial charge in [0.1, 0.15) is 12.4 Å². The van der Waals surface area contributed by atoms with E-state index in [9.17, 15) is 4.79 Å². The lowest BCUT2D eigenvalue weighted by Gasteiger charge is -2.36. The minimum absolute atomic E-state index is 0.328. The van der Waals surface area contributed by atoms with Crippen molar-refractivity contribution in [3.63, 3.8) is 0 Å². The van der Waals surface area contributed by atoms with E-state index < -0.39 is 6.09 Å². The summed E-state index contributed by atoms with van der Waals surface area (Å²) in [6.07, 6.45) is 1.88. The van der Waals surface area contributed by atoms with Crippen LogP contribution in [0.2, 0.25) is 0 Å². The Morgan fingerprint density at radius 3 is 2.62 bits per heavy atom. The minimum Gasteiger partial charge on any atom is -0.492 e. The molecule has 1 aliphatic heterocycles. The van der Waals surface area contributed by atoms with Gasteiger partial charge in [-0.1, -0.05) is 12.1 Å². The van der Waals surface area contributed by atoms with Crippen LogP contribution < -0.4 is 20.7 Å². The second-order valence-electron chi connectivity index (χ2n) is 8.06. The molecule has 1 fully saturated rings. The summed E-state index contributed by atoms with van der Waals surface area (Å²) in [5.74, 6) is 0.895. The lowest BCUT2D eigenvalue weighted by atomic mass is 10.1. The van der Waals surface area contributed by atoms with Crippen molar-refractivity contribution in [2.45, 2.75) is 13.0 Å². The van der Waals surface area contributed by atoms with Crippen LogP contribution in [0.25, 0.3) is 10.9 Å². The fraction of sp³-hybridized carbons (Fsp3) is 0.375. The third-order valence-electron chi connectivity index (χ3n) is 5.95. The highest BCUT2D eigenvalue weighted by atomic mass is 16.5. The Hall–Kier alpha value is -3.23. The molecule has 0 saturated carbocycles. The van der Waals surface area contributed by atoms with Gasteiger partial charge in [0.25, 0.3) is 0 Å². The number of amides is 1. The monoisotopic (exact) mass is 437 g/mol. The van der Waals surface area contributed by atoms with E-state index >= 15 is 0 Å². The molecule has 0 radical (unpaired) electrons. The zero-order chi connectivity index (χ0) is 22.3. The molecule has 0 atom stereocenters. The highest BCUT2D eigenvalue weighted by Gasteiger charge is 2.17. The van der Waals surface area contributed by atoms with Crippen LogP contribution in [0.1, 0.15) is 11.1 Å². The van der Waals surface area contributed by atoms with Crippen LogP contribution >= 0.6 is 0 Å². The van der Waals surface area contributed by atoms with Crippen LogP contribution in [0, 0.1) is 0 Å². The molecule has 4 rings (SSSR count). The number of carboxylic acid groups (broad SMARTS) is 1. The van der Waals surface area contributed by atoms with Gasteiger partial charge in [0.05, 0.1) is 0 Å². The molecule has 2 heterocycles. The molecule has 0 unspecified atom stereocenters. The van der Waals surface area contributed by atoms with E-state index in [4.69, 9.17) is 15.6 Å². The van der Waals surface area contributed by atoms with Gasteiger partial charge in [-0.05, 0) is 54.4 Å². The van der Waals surface area contributed by atoms with Crippen LogP contribution in [0.3, 0.4) is 0 Å². The number of carbonyl (C=O) groups is 1. The third-order valence-corrected chi connectivity index (χ3v) is 5.95. The number of hydrogen-bond acceptors (Lipinski definition) is 5. The predicted molar refractivity (Wildman–Crippen MR) is 127 cm³/mol. The van der Waals surface area contributed by atoms with Crippen molar-refractivity contribution < 1.29 is 14.6 Å². The molecule has 3 aromatic rings. The van der Waals surface area contributed by atoms with E-state index in [1.807, 2.05) is 24.4 Å². The smallest absolute Gasteiger partial charge is 0.404 e. The number of rotatable bonds is 9. The number of aromatic amines is 1. The van der Waals surface area contributed by atoms with Crippen molar-refractivity contribution in [2.24, 2.45) is 5.73 Å². The molecule has 0 bridgehead atoms. The number of fused-ring (bicyclic) bond motifs is 1. The zero-order valence-electron chi connectivity index (χ0n) is 18.2. The first kappa shape index (κ1) is 22.0. The average molecular weight is 438 g/mol. The van der Waals surface area contributed by atoms with Gasteiger partial charge < -0.3 is 30.8 Å².